The number of hydrogen-bond donors (Lipinski definition) is 1. The Kier molecular flexibility index (Phi) is 4.52. The minimum atomic E-state index is 0.0135. The molecule has 1 aromatic heterocycles. The van der Waals surface area contributed by atoms with Crippen LogP contribution in [0.25, 0.3) is 21.9 Å². The molecular weight excluding hydrogens is 344 g/mol. The van der Waals surface area contributed by atoms with E-state index in [1.165, 1.54) is 22.3 Å². The zero-order valence-corrected chi connectivity index (χ0v) is 16.5. The maximum atomic E-state index is 12.6. The molecule has 3 aromatic carbocycles. The van der Waals surface area contributed by atoms with Gasteiger partial charge in [-0.25, -0.2) is 0 Å². The molecule has 0 atom stereocenters. The molecule has 4 rings (SSSR count). The molecular formula is C25H24N2O. The third kappa shape index (κ3) is 3.09. The summed E-state index contributed by atoms with van der Waals surface area (Å²) in [6, 6.07) is 20.3. The predicted molar refractivity (Wildman–Crippen MR) is 118 cm³/mol. The zero-order valence-electron chi connectivity index (χ0n) is 16.5. The molecule has 0 aliphatic heterocycles. The van der Waals surface area contributed by atoms with Crippen LogP contribution in [0.3, 0.4) is 0 Å². The van der Waals surface area contributed by atoms with Gasteiger partial charge >= 0.3 is 0 Å². The minimum Gasteiger partial charge on any atom is -0.399 e. The van der Waals surface area contributed by atoms with Crippen LogP contribution < -0.4 is 11.3 Å². The molecule has 1 heterocycles. The van der Waals surface area contributed by atoms with Crippen molar-refractivity contribution in [2.45, 2.75) is 20.3 Å². The van der Waals surface area contributed by atoms with Crippen molar-refractivity contribution in [3.63, 3.8) is 0 Å². The van der Waals surface area contributed by atoms with Crippen molar-refractivity contribution in [1.29, 1.82) is 0 Å². The summed E-state index contributed by atoms with van der Waals surface area (Å²) in [7, 11) is 1.80. The molecule has 0 saturated carbocycles. The Hall–Kier alpha value is -3.33. The van der Waals surface area contributed by atoms with Crippen LogP contribution in [0.2, 0.25) is 0 Å². The topological polar surface area (TPSA) is 48.0 Å². The molecule has 140 valence electrons. The van der Waals surface area contributed by atoms with Gasteiger partial charge in [-0.1, -0.05) is 42.5 Å². The van der Waals surface area contributed by atoms with E-state index in [1.54, 1.807) is 11.6 Å². The standard InChI is InChI=1S/C25H24N2O/c1-16-7-6-8-17(2)22(16)13-18-11-12-19(26)14-23(18)24-15-27(3)25(28)21-10-5-4-9-20(21)24/h4-12,14-15H,13,26H2,1-3H3. The Labute approximate surface area is 165 Å². The van der Waals surface area contributed by atoms with E-state index in [1.807, 2.05) is 42.6 Å². The molecule has 0 fully saturated rings. The lowest BCUT2D eigenvalue weighted by atomic mass is 9.90. The first kappa shape index (κ1) is 18.1. The van der Waals surface area contributed by atoms with Crippen molar-refractivity contribution in [2.24, 2.45) is 7.05 Å². The molecule has 3 nitrogen and oxygen atoms in total. The summed E-state index contributed by atoms with van der Waals surface area (Å²) in [5, 5.41) is 1.68. The van der Waals surface area contributed by atoms with Crippen molar-refractivity contribution < 1.29 is 0 Å². The number of pyridine rings is 1. The quantitative estimate of drug-likeness (QED) is 0.518. The molecule has 4 aromatic rings. The Bertz CT molecular complexity index is 1230. The third-order valence-corrected chi connectivity index (χ3v) is 5.53. The van der Waals surface area contributed by atoms with Gasteiger partial charge in [-0.3, -0.25) is 4.79 Å². The highest BCUT2D eigenvalue weighted by molar-refractivity contribution is 5.97. The van der Waals surface area contributed by atoms with Crippen LogP contribution in [0.15, 0.2) is 71.7 Å². The number of fused-ring (bicyclic) bond motifs is 1. The number of benzene rings is 3. The van der Waals surface area contributed by atoms with Crippen molar-refractivity contribution in [3.8, 4) is 11.1 Å². The van der Waals surface area contributed by atoms with Crippen molar-refractivity contribution in [1.82, 2.24) is 4.57 Å². The molecule has 2 N–H and O–H groups in total. The number of rotatable bonds is 3. The van der Waals surface area contributed by atoms with Crippen molar-refractivity contribution in [3.05, 3.63) is 99.5 Å². The molecule has 0 spiro atoms. The third-order valence-electron chi connectivity index (χ3n) is 5.53. The van der Waals surface area contributed by atoms with Crippen LogP contribution in [-0.4, -0.2) is 4.57 Å². The van der Waals surface area contributed by atoms with Crippen LogP contribution in [0.5, 0.6) is 0 Å². The van der Waals surface area contributed by atoms with Gasteiger partial charge in [0, 0.05) is 29.9 Å². The first-order valence-corrected chi connectivity index (χ1v) is 9.48. The van der Waals surface area contributed by atoms with Gasteiger partial charge in [0.2, 0.25) is 0 Å². The van der Waals surface area contributed by atoms with E-state index in [2.05, 4.69) is 38.1 Å². The van der Waals surface area contributed by atoms with E-state index >= 15 is 0 Å². The van der Waals surface area contributed by atoms with Crippen LogP contribution in [-0.2, 0) is 13.5 Å². The summed E-state index contributed by atoms with van der Waals surface area (Å²) in [6.45, 7) is 4.31. The highest BCUT2D eigenvalue weighted by atomic mass is 16.1. The van der Waals surface area contributed by atoms with Gasteiger partial charge in [0.1, 0.15) is 0 Å². The summed E-state index contributed by atoms with van der Waals surface area (Å²) in [5.74, 6) is 0. The summed E-state index contributed by atoms with van der Waals surface area (Å²) in [5.41, 5.74) is 14.1. The second kappa shape index (κ2) is 7.01. The second-order valence-electron chi connectivity index (χ2n) is 7.47. The molecule has 0 radical (unpaired) electrons. The summed E-state index contributed by atoms with van der Waals surface area (Å²) < 4.78 is 1.66. The lowest BCUT2D eigenvalue weighted by Gasteiger charge is -2.16. The Morgan fingerprint density at radius 1 is 0.857 bits per heavy atom. The van der Waals surface area contributed by atoms with E-state index in [4.69, 9.17) is 5.73 Å². The fraction of sp³-hybridized carbons (Fsp3) is 0.160. The smallest absolute Gasteiger partial charge is 0.258 e. The van der Waals surface area contributed by atoms with Crippen LogP contribution >= 0.6 is 0 Å². The number of aryl methyl sites for hydroxylation is 3. The van der Waals surface area contributed by atoms with Gasteiger partial charge in [-0.05, 0) is 71.7 Å². The Morgan fingerprint density at radius 3 is 2.25 bits per heavy atom. The normalized spacial score (nSPS) is 11.1. The molecule has 0 bridgehead atoms. The lowest BCUT2D eigenvalue weighted by Crippen LogP contribution is -2.16. The van der Waals surface area contributed by atoms with Gasteiger partial charge in [-0.15, -0.1) is 0 Å². The van der Waals surface area contributed by atoms with Gasteiger partial charge < -0.3 is 10.3 Å². The number of anilines is 1. The number of nitrogens with zero attached hydrogens (tertiary/aromatic N) is 1. The highest BCUT2D eigenvalue weighted by Gasteiger charge is 2.14. The summed E-state index contributed by atoms with van der Waals surface area (Å²) in [4.78, 5) is 12.6. The average molecular weight is 368 g/mol. The maximum Gasteiger partial charge on any atom is 0.258 e. The van der Waals surface area contributed by atoms with Gasteiger partial charge in [0.15, 0.2) is 0 Å². The second-order valence-corrected chi connectivity index (χ2v) is 7.47. The fourth-order valence-electron chi connectivity index (χ4n) is 3.95. The molecule has 28 heavy (non-hydrogen) atoms. The van der Waals surface area contributed by atoms with Gasteiger partial charge in [0.25, 0.3) is 5.56 Å². The number of nitrogens with two attached hydrogens (primary N) is 1. The summed E-state index contributed by atoms with van der Waals surface area (Å²) in [6.07, 6.45) is 2.75. The molecule has 0 unspecified atom stereocenters. The minimum absolute atomic E-state index is 0.0135. The number of hydrogen-bond acceptors (Lipinski definition) is 2. The van der Waals surface area contributed by atoms with E-state index in [9.17, 15) is 4.79 Å². The molecule has 3 heteroatoms. The average Bonchev–Trinajstić information content (AvgIpc) is 2.69. The summed E-state index contributed by atoms with van der Waals surface area (Å²) >= 11 is 0. The highest BCUT2D eigenvalue weighted by Crippen LogP contribution is 2.33. The molecule has 0 aliphatic rings. The lowest BCUT2D eigenvalue weighted by molar-refractivity contribution is 0.874. The van der Waals surface area contributed by atoms with Crippen molar-refractivity contribution >= 4 is 16.5 Å². The predicted octanol–water partition coefficient (Wildman–Crippen LogP) is 5.00. The van der Waals surface area contributed by atoms with Crippen LogP contribution in [0.4, 0.5) is 5.69 Å². The van der Waals surface area contributed by atoms with Crippen LogP contribution in [0, 0.1) is 13.8 Å². The molecule has 0 aliphatic carbocycles. The molecule has 0 amide bonds. The van der Waals surface area contributed by atoms with E-state index in [0.717, 1.165) is 34.0 Å². The van der Waals surface area contributed by atoms with Gasteiger partial charge in [-0.2, -0.15) is 0 Å². The van der Waals surface area contributed by atoms with E-state index in [0.29, 0.717) is 0 Å². The number of nitrogen functional groups attached to an aromatic ring is 1. The largest absolute Gasteiger partial charge is 0.399 e. The van der Waals surface area contributed by atoms with Crippen molar-refractivity contribution in [2.75, 3.05) is 5.73 Å². The first-order valence-electron chi connectivity index (χ1n) is 9.48. The van der Waals surface area contributed by atoms with Gasteiger partial charge in [0.05, 0.1) is 0 Å². The monoisotopic (exact) mass is 368 g/mol. The Morgan fingerprint density at radius 2 is 1.54 bits per heavy atom. The number of aromatic nitrogens is 1. The van der Waals surface area contributed by atoms with Crippen LogP contribution in [0.1, 0.15) is 22.3 Å². The van der Waals surface area contributed by atoms with E-state index in [-0.39, 0.29) is 5.56 Å². The fourth-order valence-corrected chi connectivity index (χ4v) is 3.95. The maximum absolute atomic E-state index is 12.6. The first-order chi connectivity index (χ1) is 13.5. The zero-order chi connectivity index (χ0) is 19.8. The SMILES string of the molecule is Cc1cccc(C)c1Cc1ccc(N)cc1-c1cn(C)c(=O)c2ccccc12. The van der Waals surface area contributed by atoms with E-state index < -0.39 is 0 Å². The Balaban J connectivity index is 1.98. The molecule has 0 saturated heterocycles.